The third-order valence-electron chi connectivity index (χ3n) is 6.58. The number of anilines is 1. The summed E-state index contributed by atoms with van der Waals surface area (Å²) in [6.45, 7) is 7.36. The van der Waals surface area contributed by atoms with Crippen molar-refractivity contribution in [1.29, 1.82) is 0 Å². The molecule has 1 N–H and O–H groups in total. The fraction of sp³-hybridized carbons (Fsp3) is 0.400. The van der Waals surface area contributed by atoms with E-state index >= 15 is 0 Å². The summed E-state index contributed by atoms with van der Waals surface area (Å²) in [4.78, 5) is 34.4. The Hall–Kier alpha value is -3.11. The Morgan fingerprint density at radius 2 is 1.94 bits per heavy atom. The summed E-state index contributed by atoms with van der Waals surface area (Å²) in [5.74, 6) is 0.613. The Kier molecular flexibility index (Phi) is 7.28. The molecule has 2 amide bonds. The van der Waals surface area contributed by atoms with Gasteiger partial charge in [-0.25, -0.2) is 9.78 Å². The molecule has 0 saturated carbocycles. The number of fused-ring (bicyclic) bond motifs is 1. The zero-order valence-electron chi connectivity index (χ0n) is 20.1. The van der Waals surface area contributed by atoms with E-state index < -0.39 is 17.8 Å². The van der Waals surface area contributed by atoms with Crippen LogP contribution in [0.4, 0.5) is 23.7 Å². The highest BCUT2D eigenvalue weighted by Gasteiger charge is 2.35. The van der Waals surface area contributed by atoms with E-state index in [9.17, 15) is 22.8 Å². The van der Waals surface area contributed by atoms with Crippen LogP contribution in [-0.4, -0.2) is 51.1 Å². The average molecular weight is 522 g/mol. The number of rotatable bonds is 4. The van der Waals surface area contributed by atoms with Crippen molar-refractivity contribution in [2.24, 2.45) is 0 Å². The molecular formula is C25H27ClF3N5O2. The summed E-state index contributed by atoms with van der Waals surface area (Å²) in [6, 6.07) is 8.86. The number of hydrogen-bond acceptors (Lipinski definition) is 4. The molecule has 11 heteroatoms. The predicted octanol–water partition coefficient (Wildman–Crippen LogP) is 5.39. The van der Waals surface area contributed by atoms with E-state index in [2.05, 4.69) is 10.2 Å². The molecule has 1 aliphatic heterocycles. The van der Waals surface area contributed by atoms with E-state index in [-0.39, 0.29) is 23.3 Å². The SMILES string of the molecule is CCn1c(C(C)N2CCN(C(=O)Nc3ccccc3C(F)(F)F)C(C)C2)nc2ccc(Cl)cc2c1=O. The molecule has 1 saturated heterocycles. The highest BCUT2D eigenvalue weighted by molar-refractivity contribution is 6.31. The molecular weight excluding hydrogens is 495 g/mol. The summed E-state index contributed by atoms with van der Waals surface area (Å²) in [5.41, 5.74) is -0.767. The van der Waals surface area contributed by atoms with Gasteiger partial charge in [0.05, 0.1) is 28.2 Å². The van der Waals surface area contributed by atoms with Gasteiger partial charge in [-0.15, -0.1) is 0 Å². The van der Waals surface area contributed by atoms with Crippen molar-refractivity contribution >= 4 is 34.2 Å². The van der Waals surface area contributed by atoms with Crippen LogP contribution in [0.3, 0.4) is 0 Å². The van der Waals surface area contributed by atoms with Crippen LogP contribution in [0.1, 0.15) is 38.2 Å². The van der Waals surface area contributed by atoms with Crippen LogP contribution in [0.25, 0.3) is 10.9 Å². The Morgan fingerprint density at radius 3 is 2.61 bits per heavy atom. The summed E-state index contributed by atoms with van der Waals surface area (Å²) in [5, 5.41) is 3.34. The second-order valence-electron chi connectivity index (χ2n) is 8.87. The molecule has 1 aliphatic rings. The van der Waals surface area contributed by atoms with Crippen molar-refractivity contribution in [3.05, 3.63) is 69.2 Å². The molecule has 2 unspecified atom stereocenters. The topological polar surface area (TPSA) is 70.5 Å². The lowest BCUT2D eigenvalue weighted by molar-refractivity contribution is -0.136. The molecule has 0 radical (unpaired) electrons. The van der Waals surface area contributed by atoms with Gasteiger partial charge in [-0.05, 0) is 51.1 Å². The van der Waals surface area contributed by atoms with Crippen molar-refractivity contribution in [3.8, 4) is 0 Å². The van der Waals surface area contributed by atoms with Gasteiger partial charge in [-0.1, -0.05) is 23.7 Å². The number of carbonyl (C=O) groups is 1. The van der Waals surface area contributed by atoms with Crippen molar-refractivity contribution < 1.29 is 18.0 Å². The molecule has 4 rings (SSSR count). The first-order valence-electron chi connectivity index (χ1n) is 11.7. The van der Waals surface area contributed by atoms with Gasteiger partial charge in [0.2, 0.25) is 0 Å². The number of carbonyl (C=O) groups excluding carboxylic acids is 1. The Morgan fingerprint density at radius 1 is 1.22 bits per heavy atom. The second kappa shape index (κ2) is 10.1. The number of nitrogens with zero attached hydrogens (tertiary/aromatic N) is 4. The molecule has 3 aromatic rings. The Bertz CT molecular complexity index is 1340. The first kappa shape index (κ1) is 26.0. The van der Waals surface area contributed by atoms with Gasteiger partial charge in [0.25, 0.3) is 5.56 Å². The standard InChI is InChI=1S/C25H27ClF3N5O2/c1-4-33-22(30-20-10-9-17(26)13-18(20)23(33)35)16(3)32-11-12-34(15(2)14-32)24(36)31-21-8-6-5-7-19(21)25(27,28)29/h5-10,13,15-16H,4,11-12,14H2,1-3H3,(H,31,36). The lowest BCUT2D eigenvalue weighted by Crippen LogP contribution is -2.55. The number of urea groups is 1. The van der Waals surface area contributed by atoms with Crippen molar-refractivity contribution in [1.82, 2.24) is 19.4 Å². The molecule has 0 bridgehead atoms. The summed E-state index contributed by atoms with van der Waals surface area (Å²) >= 11 is 6.07. The average Bonchev–Trinajstić information content (AvgIpc) is 2.83. The van der Waals surface area contributed by atoms with Crippen LogP contribution in [0, 0.1) is 0 Å². The number of halogens is 4. The van der Waals surface area contributed by atoms with E-state index in [4.69, 9.17) is 16.6 Å². The van der Waals surface area contributed by atoms with Crippen LogP contribution >= 0.6 is 11.6 Å². The molecule has 1 aromatic heterocycles. The molecule has 36 heavy (non-hydrogen) atoms. The maximum absolute atomic E-state index is 13.3. The monoisotopic (exact) mass is 521 g/mol. The van der Waals surface area contributed by atoms with Crippen LogP contribution in [0.5, 0.6) is 0 Å². The van der Waals surface area contributed by atoms with Crippen LogP contribution in [0.2, 0.25) is 5.02 Å². The highest BCUT2D eigenvalue weighted by Crippen LogP contribution is 2.35. The number of piperazine rings is 1. The molecule has 0 aliphatic carbocycles. The van der Waals surface area contributed by atoms with Gasteiger partial charge in [0.1, 0.15) is 5.82 Å². The molecule has 2 atom stereocenters. The summed E-state index contributed by atoms with van der Waals surface area (Å²) < 4.78 is 41.6. The van der Waals surface area contributed by atoms with Gasteiger partial charge >= 0.3 is 12.2 Å². The first-order chi connectivity index (χ1) is 17.0. The van der Waals surface area contributed by atoms with E-state index in [1.807, 2.05) is 20.8 Å². The summed E-state index contributed by atoms with van der Waals surface area (Å²) in [6.07, 6.45) is -4.57. The van der Waals surface area contributed by atoms with E-state index in [1.165, 1.54) is 23.1 Å². The Labute approximate surface area is 211 Å². The van der Waals surface area contributed by atoms with E-state index in [0.717, 1.165) is 6.07 Å². The molecule has 1 fully saturated rings. The zero-order valence-corrected chi connectivity index (χ0v) is 20.9. The van der Waals surface area contributed by atoms with Crippen molar-refractivity contribution in [3.63, 3.8) is 0 Å². The smallest absolute Gasteiger partial charge is 0.319 e. The number of nitrogens with one attached hydrogen (secondary N) is 1. The van der Waals surface area contributed by atoms with Gasteiger partial charge < -0.3 is 10.2 Å². The third-order valence-corrected chi connectivity index (χ3v) is 6.81. The van der Waals surface area contributed by atoms with Gasteiger partial charge in [-0.2, -0.15) is 13.2 Å². The second-order valence-corrected chi connectivity index (χ2v) is 9.30. The Balaban J connectivity index is 1.52. The van der Waals surface area contributed by atoms with Crippen LogP contribution in [-0.2, 0) is 12.7 Å². The van der Waals surface area contributed by atoms with Crippen LogP contribution < -0.4 is 10.9 Å². The minimum atomic E-state index is -4.57. The fourth-order valence-electron chi connectivity index (χ4n) is 4.66. The quantitative estimate of drug-likeness (QED) is 0.500. The van der Waals surface area contributed by atoms with Crippen LogP contribution in [0.15, 0.2) is 47.3 Å². The summed E-state index contributed by atoms with van der Waals surface area (Å²) in [7, 11) is 0. The zero-order chi connectivity index (χ0) is 26.2. The minimum absolute atomic E-state index is 0.166. The number of amides is 2. The number of alkyl halides is 3. The van der Waals surface area contributed by atoms with Gasteiger partial charge in [-0.3, -0.25) is 14.3 Å². The number of benzene rings is 2. The van der Waals surface area contributed by atoms with Gasteiger partial charge in [0, 0.05) is 37.2 Å². The maximum atomic E-state index is 13.3. The number of para-hydroxylation sites is 1. The molecule has 7 nitrogen and oxygen atoms in total. The minimum Gasteiger partial charge on any atom is -0.319 e. The van der Waals surface area contributed by atoms with E-state index in [0.29, 0.717) is 47.9 Å². The molecule has 2 heterocycles. The number of aromatic nitrogens is 2. The predicted molar refractivity (Wildman–Crippen MR) is 133 cm³/mol. The lowest BCUT2D eigenvalue weighted by atomic mass is 10.1. The van der Waals surface area contributed by atoms with E-state index in [1.54, 1.807) is 22.8 Å². The highest BCUT2D eigenvalue weighted by atomic mass is 35.5. The molecule has 192 valence electrons. The fourth-order valence-corrected chi connectivity index (χ4v) is 4.84. The van der Waals surface area contributed by atoms with Crippen molar-refractivity contribution in [2.75, 3.05) is 25.0 Å². The van der Waals surface area contributed by atoms with Gasteiger partial charge in [0.15, 0.2) is 0 Å². The van der Waals surface area contributed by atoms with Crippen molar-refractivity contribution in [2.45, 2.75) is 45.6 Å². The number of hydrogen-bond donors (Lipinski definition) is 1. The third kappa shape index (κ3) is 5.05. The largest absolute Gasteiger partial charge is 0.418 e. The maximum Gasteiger partial charge on any atom is 0.418 e. The normalized spacial score (nSPS) is 17.9. The first-order valence-corrected chi connectivity index (χ1v) is 12.1. The lowest BCUT2D eigenvalue weighted by Gasteiger charge is -2.42. The molecule has 2 aromatic carbocycles. The molecule has 0 spiro atoms.